The van der Waals surface area contributed by atoms with Gasteiger partial charge in [0.15, 0.2) is 0 Å². The summed E-state index contributed by atoms with van der Waals surface area (Å²) < 4.78 is 10.3. The van der Waals surface area contributed by atoms with Gasteiger partial charge in [-0.2, -0.15) is 5.10 Å². The second-order valence-corrected chi connectivity index (χ2v) is 4.62. The third kappa shape index (κ3) is 5.03. The van der Waals surface area contributed by atoms with Crippen molar-refractivity contribution in [1.29, 1.82) is 0 Å². The Balaban J connectivity index is 1.81. The maximum Gasteiger partial charge on any atom is 0.259 e. The molecule has 0 radical (unpaired) electrons. The van der Waals surface area contributed by atoms with E-state index in [1.807, 2.05) is 48.5 Å². The highest BCUT2D eigenvalue weighted by Crippen LogP contribution is 2.15. The average Bonchev–Trinajstić information content (AvgIpc) is 2.61. The first-order valence-corrected chi connectivity index (χ1v) is 7.06. The molecule has 0 aliphatic rings. The molecule has 0 aliphatic heterocycles. The lowest BCUT2D eigenvalue weighted by Crippen LogP contribution is -2.25. The third-order valence-electron chi connectivity index (χ3n) is 3.07. The van der Waals surface area contributed by atoms with Gasteiger partial charge in [0.2, 0.25) is 0 Å². The number of rotatable bonds is 7. The maximum absolute atomic E-state index is 11.7. The molecule has 0 aromatic heterocycles. The van der Waals surface area contributed by atoms with Crippen LogP contribution in [-0.4, -0.2) is 32.9 Å². The topological polar surface area (TPSA) is 72.0 Å². The summed E-state index contributed by atoms with van der Waals surface area (Å²) in [5, 5.41) is 6.93. The summed E-state index contributed by atoms with van der Waals surface area (Å²) in [7, 11) is 3.19. The third-order valence-corrected chi connectivity index (χ3v) is 3.07. The molecule has 0 spiro atoms. The van der Waals surface area contributed by atoms with Crippen molar-refractivity contribution in [3.63, 3.8) is 0 Å². The van der Waals surface area contributed by atoms with Crippen LogP contribution in [0.3, 0.4) is 0 Å². The first-order valence-electron chi connectivity index (χ1n) is 7.06. The monoisotopic (exact) mass is 313 g/mol. The lowest BCUT2D eigenvalue weighted by Gasteiger charge is -2.06. The van der Waals surface area contributed by atoms with Crippen LogP contribution >= 0.6 is 0 Å². The highest BCUT2D eigenvalue weighted by molar-refractivity contribution is 5.86. The van der Waals surface area contributed by atoms with Crippen LogP contribution in [0.1, 0.15) is 5.56 Å². The summed E-state index contributed by atoms with van der Waals surface area (Å²) in [4.78, 5) is 11.7. The summed E-state index contributed by atoms with van der Waals surface area (Å²) in [5.74, 6) is 1.22. The number of hydrogen-bond acceptors (Lipinski definition) is 5. The van der Waals surface area contributed by atoms with E-state index < -0.39 is 0 Å². The van der Waals surface area contributed by atoms with E-state index in [-0.39, 0.29) is 12.5 Å². The van der Waals surface area contributed by atoms with Gasteiger partial charge in [0.05, 0.1) is 27.0 Å². The van der Waals surface area contributed by atoms with Crippen molar-refractivity contribution in [1.82, 2.24) is 5.43 Å². The number of para-hydroxylation sites is 1. The van der Waals surface area contributed by atoms with E-state index in [0.717, 1.165) is 17.0 Å². The van der Waals surface area contributed by atoms with Crippen LogP contribution in [0, 0.1) is 0 Å². The highest BCUT2D eigenvalue weighted by Gasteiger charge is 2.01. The highest BCUT2D eigenvalue weighted by atomic mass is 16.5. The zero-order valence-corrected chi connectivity index (χ0v) is 13.1. The Morgan fingerprint density at radius 2 is 1.83 bits per heavy atom. The summed E-state index contributed by atoms with van der Waals surface area (Å²) >= 11 is 0. The quantitative estimate of drug-likeness (QED) is 0.607. The molecule has 0 fully saturated rings. The van der Waals surface area contributed by atoms with E-state index in [4.69, 9.17) is 9.47 Å². The van der Waals surface area contributed by atoms with Gasteiger partial charge in [-0.15, -0.1) is 0 Å². The number of benzene rings is 2. The Hall–Kier alpha value is -3.02. The van der Waals surface area contributed by atoms with Crippen LogP contribution in [0.15, 0.2) is 53.6 Å². The van der Waals surface area contributed by atoms with Crippen LogP contribution < -0.4 is 20.2 Å². The molecule has 23 heavy (non-hydrogen) atoms. The Labute approximate surface area is 135 Å². The molecule has 2 aromatic carbocycles. The number of hydrogen-bond donors (Lipinski definition) is 2. The molecule has 2 rings (SSSR count). The fraction of sp³-hybridized carbons (Fsp3) is 0.176. The number of ether oxygens (including phenoxy) is 2. The van der Waals surface area contributed by atoms with Crippen LogP contribution in [0.4, 0.5) is 5.69 Å². The number of nitrogens with one attached hydrogen (secondary N) is 2. The normalized spacial score (nSPS) is 10.3. The molecule has 0 aliphatic carbocycles. The van der Waals surface area contributed by atoms with Crippen molar-refractivity contribution in [2.45, 2.75) is 0 Å². The zero-order chi connectivity index (χ0) is 16.5. The van der Waals surface area contributed by atoms with E-state index in [1.54, 1.807) is 20.4 Å². The standard InChI is InChI=1S/C17H19N3O3/c1-22-15-9-7-14(8-10-15)18-12-17(21)20-19-11-13-5-3-4-6-16(13)23-2/h3-11,18H,12H2,1-2H3,(H,20,21)/b19-11+. The van der Waals surface area contributed by atoms with Crippen molar-refractivity contribution in [3.05, 3.63) is 54.1 Å². The van der Waals surface area contributed by atoms with Crippen LogP contribution in [0.25, 0.3) is 0 Å². The Morgan fingerprint density at radius 1 is 1.09 bits per heavy atom. The molecular formula is C17H19N3O3. The van der Waals surface area contributed by atoms with Crippen molar-refractivity contribution in [2.24, 2.45) is 5.10 Å². The summed E-state index contributed by atoms with van der Waals surface area (Å²) in [6.45, 7) is 0.121. The largest absolute Gasteiger partial charge is 0.497 e. The number of carbonyl (C=O) groups excluding carboxylic acids is 1. The predicted octanol–water partition coefficient (Wildman–Crippen LogP) is 2.27. The van der Waals surface area contributed by atoms with Crippen molar-refractivity contribution in [2.75, 3.05) is 26.1 Å². The minimum Gasteiger partial charge on any atom is -0.497 e. The Morgan fingerprint density at radius 3 is 2.52 bits per heavy atom. The minimum absolute atomic E-state index is 0.121. The summed E-state index contributed by atoms with van der Waals surface area (Å²) in [6, 6.07) is 14.7. The zero-order valence-electron chi connectivity index (χ0n) is 13.1. The molecule has 0 bridgehead atoms. The maximum atomic E-state index is 11.7. The molecular weight excluding hydrogens is 294 g/mol. The molecule has 120 valence electrons. The lowest BCUT2D eigenvalue weighted by molar-refractivity contribution is -0.119. The second-order valence-electron chi connectivity index (χ2n) is 4.62. The summed E-state index contributed by atoms with van der Waals surface area (Å²) in [6.07, 6.45) is 1.55. The SMILES string of the molecule is COc1ccc(NCC(=O)N/N=C/c2ccccc2OC)cc1. The van der Waals surface area contributed by atoms with Gasteiger partial charge in [0.1, 0.15) is 11.5 Å². The molecule has 6 heteroatoms. The van der Waals surface area contributed by atoms with Gasteiger partial charge in [-0.3, -0.25) is 4.79 Å². The van der Waals surface area contributed by atoms with Gasteiger partial charge < -0.3 is 14.8 Å². The van der Waals surface area contributed by atoms with Gasteiger partial charge in [-0.25, -0.2) is 5.43 Å². The van der Waals surface area contributed by atoms with Gasteiger partial charge >= 0.3 is 0 Å². The minimum atomic E-state index is -0.244. The van der Waals surface area contributed by atoms with Crippen LogP contribution in [-0.2, 0) is 4.79 Å². The fourth-order valence-corrected chi connectivity index (χ4v) is 1.88. The molecule has 1 amide bonds. The van der Waals surface area contributed by atoms with Gasteiger partial charge in [0, 0.05) is 11.3 Å². The van der Waals surface area contributed by atoms with E-state index in [1.165, 1.54) is 0 Å². The first-order chi connectivity index (χ1) is 11.2. The van der Waals surface area contributed by atoms with Crippen LogP contribution in [0.2, 0.25) is 0 Å². The van der Waals surface area contributed by atoms with E-state index in [0.29, 0.717) is 5.75 Å². The Bertz CT molecular complexity index is 669. The van der Waals surface area contributed by atoms with Gasteiger partial charge in [-0.05, 0) is 36.4 Å². The Kier molecular flexibility index (Phi) is 5.99. The van der Waals surface area contributed by atoms with Crippen molar-refractivity contribution < 1.29 is 14.3 Å². The second kappa shape index (κ2) is 8.43. The number of anilines is 1. The smallest absolute Gasteiger partial charge is 0.259 e. The first kappa shape index (κ1) is 16.4. The molecule has 0 atom stereocenters. The number of amides is 1. The lowest BCUT2D eigenvalue weighted by atomic mass is 10.2. The van der Waals surface area contributed by atoms with Gasteiger partial charge in [0.25, 0.3) is 5.91 Å². The predicted molar refractivity (Wildman–Crippen MR) is 90.2 cm³/mol. The molecule has 2 N–H and O–H groups in total. The van der Waals surface area contributed by atoms with E-state index in [2.05, 4.69) is 15.8 Å². The van der Waals surface area contributed by atoms with Gasteiger partial charge in [-0.1, -0.05) is 12.1 Å². The van der Waals surface area contributed by atoms with E-state index in [9.17, 15) is 4.79 Å². The number of carbonyl (C=O) groups is 1. The summed E-state index contributed by atoms with van der Waals surface area (Å²) in [5.41, 5.74) is 4.08. The molecule has 0 saturated carbocycles. The van der Waals surface area contributed by atoms with Crippen LogP contribution in [0.5, 0.6) is 11.5 Å². The molecule has 0 saturated heterocycles. The molecule has 2 aromatic rings. The number of methoxy groups -OCH3 is 2. The molecule has 0 unspecified atom stereocenters. The number of hydrazone groups is 1. The fourth-order valence-electron chi connectivity index (χ4n) is 1.88. The average molecular weight is 313 g/mol. The van der Waals surface area contributed by atoms with E-state index >= 15 is 0 Å². The number of nitrogens with zero attached hydrogens (tertiary/aromatic N) is 1. The molecule has 6 nitrogen and oxygen atoms in total. The van der Waals surface area contributed by atoms with Crippen molar-refractivity contribution >= 4 is 17.8 Å². The molecule has 0 heterocycles. The van der Waals surface area contributed by atoms with Crippen molar-refractivity contribution in [3.8, 4) is 11.5 Å².